The van der Waals surface area contributed by atoms with Crippen LogP contribution < -0.4 is 20.1 Å². The number of nitrogens with zero attached hydrogens (tertiary/aromatic N) is 8. The van der Waals surface area contributed by atoms with E-state index in [1.54, 1.807) is 46.2 Å². The Morgan fingerprint density at radius 3 is 2.61 bits per heavy atom. The minimum absolute atomic E-state index is 0. The van der Waals surface area contributed by atoms with Gasteiger partial charge in [-0.3, -0.25) is 4.68 Å². The molecule has 1 fully saturated rings. The van der Waals surface area contributed by atoms with E-state index in [0.29, 0.717) is 22.9 Å². The van der Waals surface area contributed by atoms with Gasteiger partial charge in [0.25, 0.3) is 5.88 Å². The fourth-order valence-electron chi connectivity index (χ4n) is 4.19. The number of rotatable bonds is 10. The molecule has 0 aliphatic carbocycles. The van der Waals surface area contributed by atoms with E-state index < -0.39 is 12.8 Å². The number of anilines is 2. The summed E-state index contributed by atoms with van der Waals surface area (Å²) in [5.41, 5.74) is 1.68. The van der Waals surface area contributed by atoms with Crippen LogP contribution in [0.25, 0.3) is 11.1 Å². The minimum Gasteiger partial charge on any atom is -0.487 e. The lowest BCUT2D eigenvalue weighted by Gasteiger charge is -2.22. The Bertz CT molecular complexity index is 1400. The van der Waals surface area contributed by atoms with Gasteiger partial charge in [-0.15, -0.1) is 22.6 Å². The number of nitrogens with one attached hydrogen (secondary N) is 2. The van der Waals surface area contributed by atoms with Crippen molar-refractivity contribution in [2.24, 2.45) is 0 Å². The third-order valence-electron chi connectivity index (χ3n) is 6.08. The number of piperidine rings is 1. The van der Waals surface area contributed by atoms with Gasteiger partial charge in [-0.05, 0) is 61.0 Å². The zero-order chi connectivity index (χ0) is 28.1. The summed E-state index contributed by atoms with van der Waals surface area (Å²) in [6.45, 7) is 2.44. The van der Waals surface area contributed by atoms with Gasteiger partial charge >= 0.3 is 6.18 Å². The molecule has 0 amide bonds. The van der Waals surface area contributed by atoms with Crippen LogP contribution in [0.3, 0.4) is 0 Å². The third-order valence-corrected chi connectivity index (χ3v) is 6.39. The number of aromatic nitrogens is 8. The van der Waals surface area contributed by atoms with Crippen molar-refractivity contribution in [3.05, 3.63) is 48.1 Å². The zero-order valence-electron chi connectivity index (χ0n) is 21.8. The van der Waals surface area contributed by atoms with E-state index in [1.807, 2.05) is 6.92 Å². The van der Waals surface area contributed by atoms with Crippen molar-refractivity contribution in [2.75, 3.05) is 25.0 Å². The van der Waals surface area contributed by atoms with Gasteiger partial charge in [-0.1, -0.05) is 17.7 Å². The number of hydrogen-bond donors (Lipinski definition) is 2. The molecule has 0 radical (unpaired) electrons. The number of hydrogen-bond acceptors (Lipinski definition) is 10. The molecule has 1 aliphatic heterocycles. The van der Waals surface area contributed by atoms with Gasteiger partial charge in [0.1, 0.15) is 23.9 Å². The Morgan fingerprint density at radius 1 is 1.17 bits per heavy atom. The standard InChI is InChI=1S/C24H26ClF3N10O2.ClH/c1-15(11-37-14-32-35-36-37)40-21-8-16(2-3-19(21)25)17-9-30-23(31-10-17)33-20-12-38(18-4-6-29-7-5-18)34-22(20)39-13-24(26,27)28;/h2-3,8-10,12,14-15,18,29H,4-7,11,13H2,1H3,(H,30,31,33);1H/t15-;/m0./s1. The van der Waals surface area contributed by atoms with Gasteiger partial charge in [-0.2, -0.15) is 13.2 Å². The largest absolute Gasteiger partial charge is 0.487 e. The maximum Gasteiger partial charge on any atom is 0.422 e. The first kappa shape index (κ1) is 30.3. The van der Waals surface area contributed by atoms with Crippen LogP contribution in [-0.2, 0) is 6.54 Å². The second kappa shape index (κ2) is 13.3. The SMILES string of the molecule is C[C@@H](Cn1cnnn1)Oc1cc(-c2cnc(Nc3cn(C4CCNCC4)nc3OCC(F)(F)F)nc2)ccc1Cl.Cl. The van der Waals surface area contributed by atoms with Crippen molar-refractivity contribution >= 4 is 35.6 Å². The molecule has 2 N–H and O–H groups in total. The lowest BCUT2D eigenvalue weighted by Crippen LogP contribution is -2.29. The molecule has 220 valence electrons. The fraction of sp³-hybridized carbons (Fsp3) is 0.417. The van der Waals surface area contributed by atoms with Gasteiger partial charge in [0, 0.05) is 18.0 Å². The average molecular weight is 615 g/mol. The van der Waals surface area contributed by atoms with Crippen molar-refractivity contribution in [3.8, 4) is 22.8 Å². The van der Waals surface area contributed by atoms with Crippen LogP contribution in [0.2, 0.25) is 5.02 Å². The molecule has 5 rings (SSSR count). The number of alkyl halides is 3. The summed E-state index contributed by atoms with van der Waals surface area (Å²) >= 11 is 6.34. The number of tetrazole rings is 1. The van der Waals surface area contributed by atoms with Crippen molar-refractivity contribution < 1.29 is 22.6 Å². The third kappa shape index (κ3) is 8.17. The first-order valence-corrected chi connectivity index (χ1v) is 12.9. The van der Waals surface area contributed by atoms with Gasteiger partial charge in [0.15, 0.2) is 6.61 Å². The highest BCUT2D eigenvalue weighted by Gasteiger charge is 2.30. The normalized spacial score (nSPS) is 14.8. The maximum absolute atomic E-state index is 12.8. The number of benzene rings is 1. The van der Waals surface area contributed by atoms with Crippen molar-refractivity contribution in [1.29, 1.82) is 0 Å². The van der Waals surface area contributed by atoms with E-state index >= 15 is 0 Å². The molecule has 1 aromatic carbocycles. The predicted molar refractivity (Wildman–Crippen MR) is 146 cm³/mol. The first-order chi connectivity index (χ1) is 19.2. The van der Waals surface area contributed by atoms with Gasteiger partial charge < -0.3 is 20.1 Å². The molecule has 41 heavy (non-hydrogen) atoms. The summed E-state index contributed by atoms with van der Waals surface area (Å²) in [7, 11) is 0. The topological polar surface area (TPSA) is 130 Å². The quantitative estimate of drug-likeness (QED) is 0.264. The zero-order valence-corrected chi connectivity index (χ0v) is 23.3. The monoisotopic (exact) mass is 614 g/mol. The van der Waals surface area contributed by atoms with E-state index in [-0.39, 0.29) is 42.1 Å². The molecule has 3 aromatic heterocycles. The molecule has 1 aliphatic rings. The van der Waals surface area contributed by atoms with Crippen LogP contribution in [0.4, 0.5) is 24.8 Å². The van der Waals surface area contributed by atoms with Crippen LogP contribution in [0.15, 0.2) is 43.1 Å². The van der Waals surface area contributed by atoms with Crippen LogP contribution in [0.1, 0.15) is 25.8 Å². The smallest absolute Gasteiger partial charge is 0.422 e. The Morgan fingerprint density at radius 2 is 1.93 bits per heavy atom. The summed E-state index contributed by atoms with van der Waals surface area (Å²) in [5, 5.41) is 21.9. The molecule has 1 atom stereocenters. The molecule has 0 spiro atoms. The highest BCUT2D eigenvalue weighted by molar-refractivity contribution is 6.32. The van der Waals surface area contributed by atoms with Crippen LogP contribution in [-0.4, -0.2) is 71.9 Å². The molecular weight excluding hydrogens is 588 g/mol. The molecule has 4 heterocycles. The van der Waals surface area contributed by atoms with E-state index in [9.17, 15) is 13.2 Å². The number of ether oxygens (including phenoxy) is 2. The Labute approximate surface area is 244 Å². The molecule has 1 saturated heterocycles. The van der Waals surface area contributed by atoms with E-state index in [2.05, 4.69) is 41.2 Å². The Hall–Kier alpha value is -3.69. The van der Waals surface area contributed by atoms with Crippen molar-refractivity contribution in [2.45, 2.75) is 44.6 Å². The molecule has 0 saturated carbocycles. The average Bonchev–Trinajstić information content (AvgIpc) is 3.59. The van der Waals surface area contributed by atoms with Crippen LogP contribution in [0, 0.1) is 0 Å². The highest BCUT2D eigenvalue weighted by atomic mass is 35.5. The predicted octanol–water partition coefficient (Wildman–Crippen LogP) is 4.48. The molecule has 17 heteroatoms. The summed E-state index contributed by atoms with van der Waals surface area (Å²) in [6.07, 6.45) is 3.12. The summed E-state index contributed by atoms with van der Waals surface area (Å²) in [5.74, 6) is 0.475. The van der Waals surface area contributed by atoms with E-state index in [1.165, 1.54) is 6.33 Å². The second-order valence-electron chi connectivity index (χ2n) is 9.24. The van der Waals surface area contributed by atoms with E-state index in [0.717, 1.165) is 31.5 Å². The molecule has 12 nitrogen and oxygen atoms in total. The number of halogens is 5. The molecule has 0 bridgehead atoms. The fourth-order valence-corrected chi connectivity index (χ4v) is 4.35. The second-order valence-corrected chi connectivity index (χ2v) is 9.65. The highest BCUT2D eigenvalue weighted by Crippen LogP contribution is 2.33. The van der Waals surface area contributed by atoms with Crippen LogP contribution >= 0.6 is 24.0 Å². The van der Waals surface area contributed by atoms with Gasteiger partial charge in [0.2, 0.25) is 5.95 Å². The first-order valence-electron chi connectivity index (χ1n) is 12.5. The van der Waals surface area contributed by atoms with Crippen molar-refractivity contribution in [3.63, 3.8) is 0 Å². The van der Waals surface area contributed by atoms with Crippen molar-refractivity contribution in [1.82, 2.24) is 45.3 Å². The van der Waals surface area contributed by atoms with Crippen LogP contribution in [0.5, 0.6) is 11.6 Å². The lowest BCUT2D eigenvalue weighted by atomic mass is 10.1. The van der Waals surface area contributed by atoms with E-state index in [4.69, 9.17) is 21.1 Å². The van der Waals surface area contributed by atoms with Gasteiger partial charge in [-0.25, -0.2) is 14.6 Å². The minimum atomic E-state index is -4.50. The molecular formula is C24H27Cl2F3N10O2. The summed E-state index contributed by atoms with van der Waals surface area (Å²) in [6, 6.07) is 5.34. The molecule has 4 aromatic rings. The lowest BCUT2D eigenvalue weighted by molar-refractivity contribution is -0.154. The Kier molecular flexibility index (Phi) is 9.83. The van der Waals surface area contributed by atoms with Gasteiger partial charge in [0.05, 0.1) is 23.8 Å². The summed E-state index contributed by atoms with van der Waals surface area (Å²) < 4.78 is 52.7. The maximum atomic E-state index is 12.8. The summed E-state index contributed by atoms with van der Waals surface area (Å²) in [4.78, 5) is 8.68. The molecule has 0 unspecified atom stereocenters. The Balaban J connectivity index is 0.00000387.